The molecule has 2 rings (SSSR count). The maximum absolute atomic E-state index is 11.1. The highest BCUT2D eigenvalue weighted by Crippen LogP contribution is 2.38. The molecule has 1 unspecified atom stereocenters. The molecule has 1 heterocycles. The highest BCUT2D eigenvalue weighted by Gasteiger charge is 2.27. The Morgan fingerprint density at radius 2 is 2.00 bits per heavy atom. The van der Waals surface area contributed by atoms with Crippen molar-refractivity contribution in [1.82, 2.24) is 0 Å². The summed E-state index contributed by atoms with van der Waals surface area (Å²) in [6.07, 6.45) is 3.60. The summed E-state index contributed by atoms with van der Waals surface area (Å²) in [4.78, 5) is 26.5. The molecule has 1 N–H and O–H groups in total. The number of hydrogen-bond donors (Lipinski definition) is 1. The van der Waals surface area contributed by atoms with E-state index in [0.717, 1.165) is 31.2 Å². The molecule has 1 aliphatic rings. The Balaban J connectivity index is 2.15. The number of aliphatic imine (C=N–C) groups is 1. The SMILES string of the molecule is CC(=O)Nc1ccc(C2CCN=C(C=O)CC(C)(C)C2)cc1. The molecule has 0 saturated heterocycles. The van der Waals surface area contributed by atoms with Crippen molar-refractivity contribution in [2.24, 2.45) is 10.4 Å². The number of anilines is 1. The van der Waals surface area contributed by atoms with E-state index in [0.29, 0.717) is 18.2 Å². The topological polar surface area (TPSA) is 58.5 Å². The fourth-order valence-corrected chi connectivity index (χ4v) is 3.16. The molecule has 118 valence electrons. The Bertz CT molecular complexity index is 573. The van der Waals surface area contributed by atoms with Crippen molar-refractivity contribution in [2.45, 2.75) is 46.0 Å². The van der Waals surface area contributed by atoms with E-state index in [1.165, 1.54) is 12.5 Å². The molecule has 1 atom stereocenters. The minimum atomic E-state index is -0.0597. The van der Waals surface area contributed by atoms with E-state index in [2.05, 4.69) is 36.3 Å². The molecule has 4 nitrogen and oxygen atoms in total. The molecule has 1 aromatic carbocycles. The first-order chi connectivity index (χ1) is 10.4. The molecule has 0 aliphatic carbocycles. The zero-order chi connectivity index (χ0) is 16.2. The molecule has 1 aliphatic heterocycles. The third kappa shape index (κ3) is 4.52. The van der Waals surface area contributed by atoms with E-state index >= 15 is 0 Å². The van der Waals surface area contributed by atoms with Gasteiger partial charge in [0.2, 0.25) is 5.91 Å². The number of carbonyl (C=O) groups excluding carboxylic acids is 2. The van der Waals surface area contributed by atoms with Crippen LogP contribution in [0.1, 0.15) is 51.5 Å². The van der Waals surface area contributed by atoms with Gasteiger partial charge in [-0.05, 0) is 48.3 Å². The van der Waals surface area contributed by atoms with Gasteiger partial charge in [-0.25, -0.2) is 0 Å². The number of hydrogen-bond acceptors (Lipinski definition) is 3. The van der Waals surface area contributed by atoms with E-state index in [1.54, 1.807) is 0 Å². The maximum Gasteiger partial charge on any atom is 0.221 e. The van der Waals surface area contributed by atoms with E-state index in [4.69, 9.17) is 0 Å². The number of rotatable bonds is 3. The molecular formula is C18H24N2O2. The van der Waals surface area contributed by atoms with Gasteiger partial charge >= 0.3 is 0 Å². The van der Waals surface area contributed by atoms with Crippen molar-refractivity contribution in [2.75, 3.05) is 11.9 Å². The van der Waals surface area contributed by atoms with Gasteiger partial charge < -0.3 is 5.32 Å². The van der Waals surface area contributed by atoms with Gasteiger partial charge in [0.25, 0.3) is 0 Å². The fourth-order valence-electron chi connectivity index (χ4n) is 3.16. The van der Waals surface area contributed by atoms with Crippen molar-refractivity contribution < 1.29 is 9.59 Å². The van der Waals surface area contributed by atoms with Crippen LogP contribution in [0.4, 0.5) is 5.69 Å². The Labute approximate surface area is 132 Å². The summed E-state index contributed by atoms with van der Waals surface area (Å²) in [7, 11) is 0. The largest absolute Gasteiger partial charge is 0.326 e. The number of carbonyl (C=O) groups is 2. The quantitative estimate of drug-likeness (QED) is 0.867. The smallest absolute Gasteiger partial charge is 0.221 e. The van der Waals surface area contributed by atoms with Gasteiger partial charge in [0.1, 0.15) is 0 Å². The van der Waals surface area contributed by atoms with E-state index < -0.39 is 0 Å². The van der Waals surface area contributed by atoms with Crippen molar-refractivity contribution in [3.8, 4) is 0 Å². The Hall–Kier alpha value is -1.97. The molecule has 0 fully saturated rings. The third-order valence-electron chi connectivity index (χ3n) is 4.09. The lowest BCUT2D eigenvalue weighted by Gasteiger charge is -2.31. The fraction of sp³-hybridized carbons (Fsp3) is 0.500. The number of nitrogens with one attached hydrogen (secondary N) is 1. The number of aldehydes is 1. The zero-order valence-electron chi connectivity index (χ0n) is 13.6. The highest BCUT2D eigenvalue weighted by atomic mass is 16.1. The van der Waals surface area contributed by atoms with Crippen LogP contribution in [0, 0.1) is 5.41 Å². The van der Waals surface area contributed by atoms with Crippen LogP contribution in [-0.2, 0) is 9.59 Å². The second-order valence-corrected chi connectivity index (χ2v) is 6.82. The van der Waals surface area contributed by atoms with Crippen LogP contribution in [0.5, 0.6) is 0 Å². The van der Waals surface area contributed by atoms with Crippen LogP contribution in [0.25, 0.3) is 0 Å². The Morgan fingerprint density at radius 3 is 2.59 bits per heavy atom. The van der Waals surface area contributed by atoms with Crippen LogP contribution in [-0.4, -0.2) is 24.4 Å². The number of benzene rings is 1. The lowest BCUT2D eigenvalue weighted by molar-refractivity contribution is -0.114. The van der Waals surface area contributed by atoms with Crippen LogP contribution < -0.4 is 5.32 Å². The molecule has 1 amide bonds. The zero-order valence-corrected chi connectivity index (χ0v) is 13.6. The summed E-state index contributed by atoms with van der Waals surface area (Å²) >= 11 is 0. The Morgan fingerprint density at radius 1 is 1.32 bits per heavy atom. The van der Waals surface area contributed by atoms with Crippen LogP contribution in [0.2, 0.25) is 0 Å². The first-order valence-electron chi connectivity index (χ1n) is 7.76. The predicted molar refractivity (Wildman–Crippen MR) is 89.5 cm³/mol. The van der Waals surface area contributed by atoms with Crippen molar-refractivity contribution >= 4 is 23.6 Å². The van der Waals surface area contributed by atoms with Crippen molar-refractivity contribution in [1.29, 1.82) is 0 Å². The van der Waals surface area contributed by atoms with Gasteiger partial charge in [0.05, 0.1) is 5.71 Å². The van der Waals surface area contributed by atoms with Gasteiger partial charge in [-0.3, -0.25) is 14.6 Å². The maximum atomic E-state index is 11.1. The predicted octanol–water partition coefficient (Wildman–Crippen LogP) is 3.58. The number of nitrogens with zero attached hydrogens (tertiary/aromatic N) is 1. The van der Waals surface area contributed by atoms with E-state index in [-0.39, 0.29) is 11.3 Å². The summed E-state index contributed by atoms with van der Waals surface area (Å²) in [5.74, 6) is 0.369. The van der Waals surface area contributed by atoms with E-state index in [1.807, 2.05) is 12.1 Å². The summed E-state index contributed by atoms with van der Waals surface area (Å²) in [5.41, 5.74) is 2.83. The monoisotopic (exact) mass is 300 g/mol. The minimum Gasteiger partial charge on any atom is -0.326 e. The third-order valence-corrected chi connectivity index (χ3v) is 4.09. The summed E-state index contributed by atoms with van der Waals surface area (Å²) in [6.45, 7) is 6.59. The molecular weight excluding hydrogens is 276 g/mol. The summed E-state index contributed by atoms with van der Waals surface area (Å²) < 4.78 is 0. The average Bonchev–Trinajstić information content (AvgIpc) is 2.43. The van der Waals surface area contributed by atoms with Crippen LogP contribution in [0.15, 0.2) is 29.3 Å². The van der Waals surface area contributed by atoms with Gasteiger partial charge in [-0.15, -0.1) is 0 Å². The van der Waals surface area contributed by atoms with Crippen LogP contribution >= 0.6 is 0 Å². The second-order valence-electron chi connectivity index (χ2n) is 6.82. The average molecular weight is 300 g/mol. The first-order valence-corrected chi connectivity index (χ1v) is 7.76. The summed E-state index contributed by atoms with van der Waals surface area (Å²) in [6, 6.07) is 8.06. The van der Waals surface area contributed by atoms with Gasteiger partial charge in [-0.1, -0.05) is 26.0 Å². The molecule has 0 aromatic heterocycles. The van der Waals surface area contributed by atoms with Gasteiger partial charge in [-0.2, -0.15) is 0 Å². The van der Waals surface area contributed by atoms with Crippen molar-refractivity contribution in [3.63, 3.8) is 0 Å². The molecule has 22 heavy (non-hydrogen) atoms. The van der Waals surface area contributed by atoms with Gasteiger partial charge in [0, 0.05) is 19.2 Å². The lowest BCUT2D eigenvalue weighted by Crippen LogP contribution is -2.24. The standard InChI is InChI=1S/C18H24N2O2/c1-13(22)20-16-6-4-14(5-7-16)15-8-9-19-17(12-21)11-18(2,3)10-15/h4-7,12,15H,8-11H2,1-3H3,(H,20,22). The van der Waals surface area contributed by atoms with E-state index in [9.17, 15) is 9.59 Å². The number of amides is 1. The minimum absolute atomic E-state index is 0.0567. The molecule has 0 radical (unpaired) electrons. The first kappa shape index (κ1) is 16.4. The second kappa shape index (κ2) is 6.86. The lowest BCUT2D eigenvalue weighted by atomic mass is 9.75. The van der Waals surface area contributed by atoms with Gasteiger partial charge in [0.15, 0.2) is 6.29 Å². The van der Waals surface area contributed by atoms with Crippen molar-refractivity contribution in [3.05, 3.63) is 29.8 Å². The molecule has 4 heteroatoms. The molecule has 0 spiro atoms. The highest BCUT2D eigenvalue weighted by molar-refractivity contribution is 6.28. The molecule has 0 saturated carbocycles. The Kier molecular flexibility index (Phi) is 5.11. The molecule has 1 aromatic rings. The summed E-state index contributed by atoms with van der Waals surface area (Å²) in [5, 5.41) is 2.79. The van der Waals surface area contributed by atoms with Crippen LogP contribution in [0.3, 0.4) is 0 Å². The normalized spacial score (nSPS) is 21.2. The molecule has 0 bridgehead atoms.